The number of hydrogen-bond acceptors (Lipinski definition) is 2. The average Bonchev–Trinajstić information content (AvgIpc) is 2.70. The van der Waals surface area contributed by atoms with Crippen molar-refractivity contribution >= 4 is 10.0 Å². The Balaban J connectivity index is 2.10. The smallest absolute Gasteiger partial charge is 0.207 e. The molecule has 1 saturated carbocycles. The minimum Gasteiger partial charge on any atom is -0.207 e. The normalized spacial score (nSPS) is 43.8. The van der Waals surface area contributed by atoms with Crippen LogP contribution >= 0.6 is 0 Å². The molecule has 0 aromatic heterocycles. The van der Waals surface area contributed by atoms with Crippen LogP contribution < -0.4 is 0 Å². The molecule has 0 spiro atoms. The van der Waals surface area contributed by atoms with Crippen LogP contribution in [-0.4, -0.2) is 24.8 Å². The van der Waals surface area contributed by atoms with Crippen molar-refractivity contribution in [2.75, 3.05) is 6.54 Å². The van der Waals surface area contributed by atoms with Crippen molar-refractivity contribution in [3.8, 4) is 0 Å². The molecule has 1 aliphatic carbocycles. The maximum Gasteiger partial charge on any atom is 0.243 e. The summed E-state index contributed by atoms with van der Waals surface area (Å²) in [6, 6.07) is 7.45. The van der Waals surface area contributed by atoms with E-state index in [0.29, 0.717) is 16.7 Å². The van der Waals surface area contributed by atoms with Crippen LogP contribution in [0.2, 0.25) is 0 Å². The summed E-state index contributed by atoms with van der Waals surface area (Å²) in [7, 11) is -3.19. The van der Waals surface area contributed by atoms with Crippen molar-refractivity contribution in [1.29, 1.82) is 0 Å². The number of benzene rings is 1. The first-order chi connectivity index (χ1) is 7.08. The van der Waals surface area contributed by atoms with E-state index in [0.717, 1.165) is 12.1 Å². The van der Waals surface area contributed by atoms with Crippen molar-refractivity contribution < 1.29 is 8.42 Å². The standard InChI is InChI=1S/C11H11NO2S/c1-11-8-6-12(11)15(13,14)9-5-3-2-4-7(9)10(8)11/h2-5,8,10H,6H2,1H3/t8-,10+,11+/m0/s1. The predicted molar refractivity (Wildman–Crippen MR) is 55.0 cm³/mol. The minimum absolute atomic E-state index is 0.0762. The molecule has 3 aliphatic rings. The number of hydrogen-bond donors (Lipinski definition) is 0. The number of nitrogens with zero attached hydrogens (tertiary/aromatic N) is 1. The van der Waals surface area contributed by atoms with Gasteiger partial charge in [-0.25, -0.2) is 8.42 Å². The molecule has 3 nitrogen and oxygen atoms in total. The summed E-state index contributed by atoms with van der Waals surface area (Å²) < 4.78 is 26.1. The number of sulfonamides is 1. The van der Waals surface area contributed by atoms with Gasteiger partial charge in [-0.1, -0.05) is 18.2 Å². The highest BCUT2D eigenvalue weighted by molar-refractivity contribution is 7.89. The maximum absolute atomic E-state index is 12.2. The fourth-order valence-electron chi connectivity index (χ4n) is 3.46. The molecule has 4 heteroatoms. The molecule has 0 unspecified atom stereocenters. The van der Waals surface area contributed by atoms with E-state index in [9.17, 15) is 8.42 Å². The molecule has 0 bridgehead atoms. The molecule has 2 aliphatic heterocycles. The second-order valence-corrected chi connectivity index (χ2v) is 6.71. The van der Waals surface area contributed by atoms with Crippen LogP contribution in [0, 0.1) is 5.92 Å². The van der Waals surface area contributed by atoms with Crippen LogP contribution in [0.25, 0.3) is 0 Å². The first-order valence-corrected chi connectivity index (χ1v) is 6.63. The summed E-state index contributed by atoms with van der Waals surface area (Å²) in [6.07, 6.45) is 0. The van der Waals surface area contributed by atoms with Crippen LogP contribution in [0.3, 0.4) is 0 Å². The Labute approximate surface area is 88.8 Å². The second kappa shape index (κ2) is 1.99. The molecule has 1 aromatic carbocycles. The van der Waals surface area contributed by atoms with Crippen LogP contribution in [0.1, 0.15) is 18.4 Å². The molecular formula is C11H11NO2S. The molecule has 1 saturated heterocycles. The molecule has 78 valence electrons. The lowest BCUT2D eigenvalue weighted by Crippen LogP contribution is -2.52. The summed E-state index contributed by atoms with van der Waals surface area (Å²) >= 11 is 0. The van der Waals surface area contributed by atoms with Crippen LogP contribution in [0.15, 0.2) is 29.2 Å². The molecule has 2 fully saturated rings. The summed E-state index contributed by atoms with van der Waals surface area (Å²) in [5, 5.41) is 0. The van der Waals surface area contributed by atoms with Crippen LogP contribution in [0.4, 0.5) is 0 Å². The monoisotopic (exact) mass is 221 g/mol. The molecule has 0 amide bonds. The molecule has 0 radical (unpaired) electrons. The van der Waals surface area contributed by atoms with Gasteiger partial charge in [-0.05, 0) is 18.6 Å². The minimum atomic E-state index is -3.19. The van der Waals surface area contributed by atoms with Crippen molar-refractivity contribution in [3.63, 3.8) is 0 Å². The topological polar surface area (TPSA) is 37.4 Å². The van der Waals surface area contributed by atoms with Crippen molar-refractivity contribution in [2.45, 2.75) is 23.3 Å². The Morgan fingerprint density at radius 3 is 2.93 bits per heavy atom. The van der Waals surface area contributed by atoms with Crippen molar-refractivity contribution in [2.24, 2.45) is 5.92 Å². The predicted octanol–water partition coefficient (Wildman–Crippen LogP) is 1.18. The maximum atomic E-state index is 12.2. The third-order valence-electron chi connectivity index (χ3n) is 4.40. The lowest BCUT2D eigenvalue weighted by atomic mass is 10.1. The Bertz CT molecular complexity index is 580. The SMILES string of the molecule is C[C@@]12[C@@H]3c4ccccc4S(=O)(=O)N1C[C@@H]32. The van der Waals surface area contributed by atoms with E-state index < -0.39 is 10.0 Å². The van der Waals surface area contributed by atoms with Gasteiger partial charge in [0.15, 0.2) is 0 Å². The molecule has 0 N–H and O–H groups in total. The van der Waals surface area contributed by atoms with Gasteiger partial charge in [0.05, 0.1) is 4.90 Å². The summed E-state index contributed by atoms with van der Waals surface area (Å²) in [5.41, 5.74) is 0.964. The molecular weight excluding hydrogens is 210 g/mol. The summed E-state index contributed by atoms with van der Waals surface area (Å²) in [6.45, 7) is 2.79. The Morgan fingerprint density at radius 1 is 1.40 bits per heavy atom. The quantitative estimate of drug-likeness (QED) is 0.659. The average molecular weight is 221 g/mol. The summed E-state index contributed by atoms with van der Waals surface area (Å²) in [4.78, 5) is 0.535. The third-order valence-corrected chi connectivity index (χ3v) is 6.45. The molecule has 3 atom stereocenters. The fourth-order valence-corrected chi connectivity index (χ4v) is 5.56. The van der Waals surface area contributed by atoms with E-state index >= 15 is 0 Å². The first-order valence-electron chi connectivity index (χ1n) is 5.19. The molecule has 1 aromatic rings. The highest BCUT2D eigenvalue weighted by atomic mass is 32.2. The molecule has 2 heterocycles. The first kappa shape index (κ1) is 8.30. The van der Waals surface area contributed by atoms with Gasteiger partial charge in [0, 0.05) is 23.9 Å². The van der Waals surface area contributed by atoms with Gasteiger partial charge < -0.3 is 0 Å². The van der Waals surface area contributed by atoms with Gasteiger partial charge in [-0.2, -0.15) is 4.31 Å². The highest BCUT2D eigenvalue weighted by Crippen LogP contribution is 2.72. The van der Waals surface area contributed by atoms with Crippen LogP contribution in [-0.2, 0) is 10.0 Å². The van der Waals surface area contributed by atoms with Crippen molar-refractivity contribution in [1.82, 2.24) is 4.31 Å². The zero-order chi connectivity index (χ0) is 10.4. The van der Waals surface area contributed by atoms with Gasteiger partial charge in [0.25, 0.3) is 0 Å². The number of rotatable bonds is 0. The van der Waals surface area contributed by atoms with Gasteiger partial charge in [0.1, 0.15) is 0 Å². The Hall–Kier alpha value is -0.870. The lowest BCUT2D eigenvalue weighted by molar-refractivity contribution is 0.199. The second-order valence-electron chi connectivity index (χ2n) is 4.88. The summed E-state index contributed by atoms with van der Waals surface area (Å²) in [5.74, 6) is 1.02. The van der Waals surface area contributed by atoms with Gasteiger partial charge >= 0.3 is 0 Å². The largest absolute Gasteiger partial charge is 0.243 e. The zero-order valence-electron chi connectivity index (χ0n) is 8.34. The lowest BCUT2D eigenvalue weighted by Gasteiger charge is -2.39. The van der Waals surface area contributed by atoms with E-state index in [1.807, 2.05) is 12.1 Å². The Kier molecular flexibility index (Phi) is 1.10. The van der Waals surface area contributed by atoms with E-state index in [-0.39, 0.29) is 5.54 Å². The van der Waals surface area contributed by atoms with E-state index in [1.165, 1.54) is 0 Å². The van der Waals surface area contributed by atoms with E-state index in [1.54, 1.807) is 16.4 Å². The fraction of sp³-hybridized carbons (Fsp3) is 0.455. The third kappa shape index (κ3) is 0.647. The Morgan fingerprint density at radius 2 is 2.13 bits per heavy atom. The van der Waals surface area contributed by atoms with Gasteiger partial charge in [-0.15, -0.1) is 0 Å². The van der Waals surface area contributed by atoms with Gasteiger partial charge in [-0.3, -0.25) is 0 Å². The van der Waals surface area contributed by atoms with E-state index in [2.05, 4.69) is 6.92 Å². The van der Waals surface area contributed by atoms with E-state index in [4.69, 9.17) is 0 Å². The zero-order valence-corrected chi connectivity index (χ0v) is 9.16. The highest BCUT2D eigenvalue weighted by Gasteiger charge is 2.78. The van der Waals surface area contributed by atoms with Crippen LogP contribution in [0.5, 0.6) is 0 Å². The van der Waals surface area contributed by atoms with Crippen molar-refractivity contribution in [3.05, 3.63) is 29.8 Å². The van der Waals surface area contributed by atoms with Gasteiger partial charge in [0.2, 0.25) is 10.0 Å². The molecule has 15 heavy (non-hydrogen) atoms. The number of fused-ring (bicyclic) bond motifs is 3. The molecule has 4 rings (SSSR count).